The minimum Gasteiger partial charge on any atom is -0.293 e. The molecule has 0 radical (unpaired) electrons. The largest absolute Gasteiger partial charge is 0.418 e. The summed E-state index contributed by atoms with van der Waals surface area (Å²) < 4.78 is 0.375. The first-order valence-corrected chi connectivity index (χ1v) is 2.95. The van der Waals surface area contributed by atoms with Gasteiger partial charge in [0.25, 0.3) is 0 Å². The molecule has 1 heterocycles. The Balaban J connectivity index is 2.60. The van der Waals surface area contributed by atoms with E-state index in [0.717, 1.165) is 0 Å². The summed E-state index contributed by atoms with van der Waals surface area (Å²) in [6.07, 6.45) is 0. The number of urea groups is 1. The van der Waals surface area contributed by atoms with Gasteiger partial charge in [0.15, 0.2) is 0 Å². The average molecular weight is 130 g/mol. The minimum atomic E-state index is 0.0775. The molecule has 0 aromatic heterocycles. The molecule has 1 saturated heterocycles. The molecule has 2 amide bonds. The van der Waals surface area contributed by atoms with Gasteiger partial charge in [0.2, 0.25) is 0 Å². The van der Waals surface area contributed by atoms with Gasteiger partial charge in [0, 0.05) is 0 Å². The van der Waals surface area contributed by atoms with Crippen molar-refractivity contribution in [2.24, 2.45) is 0 Å². The summed E-state index contributed by atoms with van der Waals surface area (Å²) in [4.78, 5) is 10.9. The van der Waals surface area contributed by atoms with Crippen LogP contribution in [0, 0.1) is 0 Å². The third-order valence-corrected chi connectivity index (χ3v) is 1.42. The van der Waals surface area contributed by atoms with Crippen LogP contribution in [-0.2, 0) is 0 Å². The number of carbonyl (C=O) groups is 1. The molecule has 1 rings (SSSR count). The fourth-order valence-electron chi connectivity index (χ4n) is 0.759. The van der Waals surface area contributed by atoms with Gasteiger partial charge in [-0.15, -0.1) is 0 Å². The van der Waals surface area contributed by atoms with Gasteiger partial charge in [-0.05, 0) is 0 Å². The standard InChI is InChI=1S/C5H11N3O/c1-8(2)4-6-3-7-5(8)9/h6H,3-4H2,1-2H3/p+1. The molecule has 0 aromatic rings. The second kappa shape index (κ2) is 1.97. The molecule has 1 aliphatic heterocycles. The molecular formula is C5H12N3O+. The summed E-state index contributed by atoms with van der Waals surface area (Å²) in [7, 11) is 3.73. The maximum atomic E-state index is 10.9. The smallest absolute Gasteiger partial charge is 0.293 e. The van der Waals surface area contributed by atoms with Crippen molar-refractivity contribution in [2.75, 3.05) is 27.4 Å². The zero-order chi connectivity index (χ0) is 6.91. The lowest BCUT2D eigenvalue weighted by Crippen LogP contribution is -2.62. The summed E-state index contributed by atoms with van der Waals surface area (Å²) in [5.41, 5.74) is 0. The van der Waals surface area contributed by atoms with Gasteiger partial charge in [-0.25, -0.2) is 9.28 Å². The second-order valence-electron chi connectivity index (χ2n) is 2.75. The zero-order valence-corrected chi connectivity index (χ0v) is 5.77. The van der Waals surface area contributed by atoms with E-state index >= 15 is 0 Å². The molecular weight excluding hydrogens is 118 g/mol. The lowest BCUT2D eigenvalue weighted by Gasteiger charge is -2.30. The van der Waals surface area contributed by atoms with E-state index in [0.29, 0.717) is 17.8 Å². The number of rotatable bonds is 0. The number of amides is 2. The van der Waals surface area contributed by atoms with Gasteiger partial charge in [-0.2, -0.15) is 0 Å². The van der Waals surface area contributed by atoms with Crippen molar-refractivity contribution in [3.05, 3.63) is 0 Å². The maximum absolute atomic E-state index is 10.9. The van der Waals surface area contributed by atoms with Gasteiger partial charge in [0.1, 0.15) is 6.67 Å². The van der Waals surface area contributed by atoms with Crippen LogP contribution in [0.3, 0.4) is 0 Å². The molecule has 0 spiro atoms. The monoisotopic (exact) mass is 130 g/mol. The number of carbonyl (C=O) groups excluding carboxylic acids is 1. The molecule has 9 heavy (non-hydrogen) atoms. The molecule has 0 unspecified atom stereocenters. The molecule has 0 bridgehead atoms. The predicted octanol–water partition coefficient (Wildman–Crippen LogP) is -0.709. The summed E-state index contributed by atoms with van der Waals surface area (Å²) in [6.45, 7) is 1.31. The van der Waals surface area contributed by atoms with E-state index in [1.54, 1.807) is 0 Å². The van der Waals surface area contributed by atoms with Crippen molar-refractivity contribution in [3.8, 4) is 0 Å². The van der Waals surface area contributed by atoms with Crippen molar-refractivity contribution in [1.29, 1.82) is 0 Å². The van der Waals surface area contributed by atoms with Gasteiger partial charge in [-0.3, -0.25) is 10.6 Å². The Morgan fingerprint density at radius 3 is 2.56 bits per heavy atom. The first-order chi connectivity index (χ1) is 4.13. The van der Waals surface area contributed by atoms with Crippen LogP contribution in [0.2, 0.25) is 0 Å². The number of nitrogens with zero attached hydrogens (tertiary/aromatic N) is 1. The summed E-state index contributed by atoms with van der Waals surface area (Å²) in [5.74, 6) is 0. The summed E-state index contributed by atoms with van der Waals surface area (Å²) in [6, 6.07) is 0.0775. The molecule has 1 aliphatic rings. The Bertz CT molecular complexity index is 132. The average Bonchev–Trinajstić information content (AvgIpc) is 1.77. The molecule has 1 fully saturated rings. The predicted molar refractivity (Wildman–Crippen MR) is 33.5 cm³/mol. The molecule has 0 aromatic carbocycles. The molecule has 4 nitrogen and oxygen atoms in total. The van der Waals surface area contributed by atoms with Crippen molar-refractivity contribution in [2.45, 2.75) is 0 Å². The lowest BCUT2D eigenvalue weighted by molar-refractivity contribution is -0.815. The summed E-state index contributed by atoms with van der Waals surface area (Å²) in [5, 5.41) is 5.74. The highest BCUT2D eigenvalue weighted by molar-refractivity contribution is 5.66. The van der Waals surface area contributed by atoms with Crippen LogP contribution in [-0.4, -0.2) is 37.9 Å². The quantitative estimate of drug-likeness (QED) is 0.425. The number of hydrogen-bond acceptors (Lipinski definition) is 2. The van der Waals surface area contributed by atoms with Crippen LogP contribution in [0.1, 0.15) is 0 Å². The van der Waals surface area contributed by atoms with E-state index in [1.807, 2.05) is 14.1 Å². The second-order valence-corrected chi connectivity index (χ2v) is 2.75. The first-order valence-electron chi connectivity index (χ1n) is 2.95. The van der Waals surface area contributed by atoms with Crippen molar-refractivity contribution < 1.29 is 9.28 Å². The van der Waals surface area contributed by atoms with Crippen LogP contribution in [0.15, 0.2) is 0 Å². The van der Waals surface area contributed by atoms with E-state index in [-0.39, 0.29) is 6.03 Å². The first kappa shape index (κ1) is 6.51. The van der Waals surface area contributed by atoms with Crippen molar-refractivity contribution >= 4 is 6.03 Å². The Morgan fingerprint density at radius 2 is 2.22 bits per heavy atom. The van der Waals surface area contributed by atoms with Gasteiger partial charge >= 0.3 is 6.03 Å². The Hall–Kier alpha value is -0.610. The van der Waals surface area contributed by atoms with E-state index in [1.165, 1.54) is 0 Å². The normalized spacial score (nSPS) is 25.3. The van der Waals surface area contributed by atoms with Crippen molar-refractivity contribution in [1.82, 2.24) is 10.6 Å². The summed E-state index contributed by atoms with van der Waals surface area (Å²) >= 11 is 0. The topological polar surface area (TPSA) is 41.1 Å². The minimum absolute atomic E-state index is 0.0775. The van der Waals surface area contributed by atoms with Gasteiger partial charge < -0.3 is 0 Å². The molecule has 0 aliphatic carbocycles. The third-order valence-electron chi connectivity index (χ3n) is 1.42. The Kier molecular flexibility index (Phi) is 1.42. The fourth-order valence-corrected chi connectivity index (χ4v) is 0.759. The molecule has 0 saturated carbocycles. The van der Waals surface area contributed by atoms with Gasteiger partial charge in [-0.1, -0.05) is 0 Å². The van der Waals surface area contributed by atoms with E-state index in [4.69, 9.17) is 0 Å². The van der Waals surface area contributed by atoms with Crippen LogP contribution in [0.4, 0.5) is 4.79 Å². The van der Waals surface area contributed by atoms with E-state index < -0.39 is 0 Å². The fraction of sp³-hybridized carbons (Fsp3) is 0.800. The number of hydrogen-bond donors (Lipinski definition) is 2. The van der Waals surface area contributed by atoms with Crippen LogP contribution >= 0.6 is 0 Å². The highest BCUT2D eigenvalue weighted by Crippen LogP contribution is 1.97. The van der Waals surface area contributed by atoms with Crippen molar-refractivity contribution in [3.63, 3.8) is 0 Å². The highest BCUT2D eigenvalue weighted by Gasteiger charge is 2.28. The van der Waals surface area contributed by atoms with Gasteiger partial charge in [0.05, 0.1) is 20.8 Å². The van der Waals surface area contributed by atoms with E-state index in [9.17, 15) is 4.79 Å². The molecule has 52 valence electrons. The van der Waals surface area contributed by atoms with Crippen LogP contribution in [0.25, 0.3) is 0 Å². The maximum Gasteiger partial charge on any atom is 0.418 e. The van der Waals surface area contributed by atoms with E-state index in [2.05, 4.69) is 10.6 Å². The Morgan fingerprint density at radius 1 is 1.56 bits per heavy atom. The molecule has 4 heteroatoms. The number of nitrogens with one attached hydrogen (secondary N) is 2. The molecule has 2 N–H and O–H groups in total. The molecule has 0 atom stereocenters. The zero-order valence-electron chi connectivity index (χ0n) is 5.77. The third kappa shape index (κ3) is 1.20. The van der Waals surface area contributed by atoms with Crippen LogP contribution in [0.5, 0.6) is 0 Å². The lowest BCUT2D eigenvalue weighted by atomic mass is 10.5. The van der Waals surface area contributed by atoms with Crippen LogP contribution < -0.4 is 10.6 Å². The Labute approximate surface area is 54.4 Å². The highest BCUT2D eigenvalue weighted by atomic mass is 16.2. The SMILES string of the molecule is C[N+]1(C)CNCNC1=O. The number of quaternary nitrogens is 1.